The van der Waals surface area contributed by atoms with E-state index in [0.29, 0.717) is 19.5 Å². The monoisotopic (exact) mass is 178 g/mol. The summed E-state index contributed by atoms with van der Waals surface area (Å²) in [7, 11) is -2.95. The van der Waals surface area contributed by atoms with E-state index in [1.165, 1.54) is 4.31 Å². The second kappa shape index (κ2) is 3.08. The van der Waals surface area contributed by atoms with Crippen molar-refractivity contribution in [1.29, 1.82) is 0 Å². The summed E-state index contributed by atoms with van der Waals surface area (Å²) in [6, 6.07) is 0.0571. The smallest absolute Gasteiger partial charge is 0.214 e. The molecule has 1 rings (SSSR count). The number of nitrogens with two attached hydrogens (primary N) is 1. The fourth-order valence-electron chi connectivity index (χ4n) is 1.08. The molecule has 1 heterocycles. The average molecular weight is 178 g/mol. The van der Waals surface area contributed by atoms with Crippen LogP contribution in [0.25, 0.3) is 0 Å². The summed E-state index contributed by atoms with van der Waals surface area (Å²) in [5, 5.41) is 0. The van der Waals surface area contributed by atoms with Crippen molar-refractivity contribution < 1.29 is 8.42 Å². The maximum absolute atomic E-state index is 11.2. The van der Waals surface area contributed by atoms with E-state index in [9.17, 15) is 8.42 Å². The third-order valence-electron chi connectivity index (χ3n) is 1.73. The Morgan fingerprint density at radius 3 is 2.45 bits per heavy atom. The zero-order chi connectivity index (χ0) is 8.48. The lowest BCUT2D eigenvalue weighted by Gasteiger charge is -2.35. The molecule has 0 spiro atoms. The van der Waals surface area contributed by atoms with Crippen molar-refractivity contribution in [2.45, 2.75) is 19.4 Å². The maximum Gasteiger partial charge on any atom is 0.214 e. The standard InChI is InChI=1S/C6H14N2O2S/c1-2-3-11(9,10)8-4-6(7)5-8/h6H,2-5,7H2,1H3. The Balaban J connectivity index is 2.47. The Morgan fingerprint density at radius 2 is 2.09 bits per heavy atom. The van der Waals surface area contributed by atoms with Crippen molar-refractivity contribution in [2.24, 2.45) is 5.73 Å². The fraction of sp³-hybridized carbons (Fsp3) is 1.00. The topological polar surface area (TPSA) is 63.4 Å². The zero-order valence-electron chi connectivity index (χ0n) is 6.66. The van der Waals surface area contributed by atoms with Crippen LogP contribution in [0.15, 0.2) is 0 Å². The van der Waals surface area contributed by atoms with E-state index >= 15 is 0 Å². The van der Waals surface area contributed by atoms with Crippen LogP contribution < -0.4 is 5.73 Å². The summed E-state index contributed by atoms with van der Waals surface area (Å²) in [4.78, 5) is 0. The first kappa shape index (κ1) is 8.96. The number of hydrogen-bond acceptors (Lipinski definition) is 3. The summed E-state index contributed by atoms with van der Waals surface area (Å²) >= 11 is 0. The molecule has 0 atom stereocenters. The molecule has 0 unspecified atom stereocenters. The van der Waals surface area contributed by atoms with Crippen LogP contribution in [-0.2, 0) is 10.0 Å². The maximum atomic E-state index is 11.2. The van der Waals surface area contributed by atoms with Gasteiger partial charge in [-0.15, -0.1) is 0 Å². The summed E-state index contributed by atoms with van der Waals surface area (Å²) < 4.78 is 23.9. The van der Waals surface area contributed by atoms with Crippen molar-refractivity contribution in [3.05, 3.63) is 0 Å². The summed E-state index contributed by atoms with van der Waals surface area (Å²) in [5.41, 5.74) is 5.46. The van der Waals surface area contributed by atoms with Crippen molar-refractivity contribution in [3.8, 4) is 0 Å². The van der Waals surface area contributed by atoms with Gasteiger partial charge in [-0.3, -0.25) is 0 Å². The highest BCUT2D eigenvalue weighted by molar-refractivity contribution is 7.89. The van der Waals surface area contributed by atoms with Gasteiger partial charge in [0.25, 0.3) is 0 Å². The minimum Gasteiger partial charge on any atom is -0.325 e. The quantitative estimate of drug-likeness (QED) is 0.626. The SMILES string of the molecule is CCCS(=O)(=O)N1CC(N)C1. The van der Waals surface area contributed by atoms with Crippen LogP contribution in [0, 0.1) is 0 Å². The molecule has 0 aromatic heterocycles. The molecule has 0 aliphatic carbocycles. The molecule has 2 N–H and O–H groups in total. The second-order valence-electron chi connectivity index (χ2n) is 2.89. The molecule has 0 aromatic rings. The van der Waals surface area contributed by atoms with Gasteiger partial charge in [-0.25, -0.2) is 8.42 Å². The molecule has 4 nitrogen and oxygen atoms in total. The lowest BCUT2D eigenvalue weighted by atomic mass is 10.2. The molecule has 1 saturated heterocycles. The van der Waals surface area contributed by atoms with Crippen LogP contribution in [0.3, 0.4) is 0 Å². The predicted molar refractivity (Wildman–Crippen MR) is 43.6 cm³/mol. The van der Waals surface area contributed by atoms with Gasteiger partial charge in [-0.05, 0) is 6.42 Å². The number of nitrogens with zero attached hydrogens (tertiary/aromatic N) is 1. The zero-order valence-corrected chi connectivity index (χ0v) is 7.47. The normalized spacial score (nSPS) is 21.6. The van der Waals surface area contributed by atoms with Gasteiger partial charge in [0.1, 0.15) is 0 Å². The highest BCUT2D eigenvalue weighted by Gasteiger charge is 2.32. The van der Waals surface area contributed by atoms with Gasteiger partial charge in [0.05, 0.1) is 5.75 Å². The van der Waals surface area contributed by atoms with Gasteiger partial charge >= 0.3 is 0 Å². The van der Waals surface area contributed by atoms with E-state index in [4.69, 9.17) is 5.73 Å². The Kier molecular flexibility index (Phi) is 2.51. The summed E-state index contributed by atoms with van der Waals surface area (Å²) in [5.74, 6) is 0.250. The Labute approximate surface area is 67.4 Å². The van der Waals surface area contributed by atoms with E-state index in [1.54, 1.807) is 0 Å². The van der Waals surface area contributed by atoms with Gasteiger partial charge in [-0.1, -0.05) is 6.92 Å². The third-order valence-corrected chi connectivity index (χ3v) is 3.74. The lowest BCUT2D eigenvalue weighted by Crippen LogP contribution is -2.58. The first-order valence-corrected chi connectivity index (χ1v) is 5.40. The summed E-state index contributed by atoms with van der Waals surface area (Å²) in [6.45, 7) is 2.86. The van der Waals surface area contributed by atoms with Gasteiger partial charge < -0.3 is 5.73 Å². The van der Waals surface area contributed by atoms with Gasteiger partial charge in [0.15, 0.2) is 0 Å². The Hall–Kier alpha value is -0.130. The molecule has 1 aliphatic heterocycles. The molecule has 0 bridgehead atoms. The minimum atomic E-state index is -2.95. The first-order valence-electron chi connectivity index (χ1n) is 3.79. The van der Waals surface area contributed by atoms with Crippen LogP contribution >= 0.6 is 0 Å². The van der Waals surface area contributed by atoms with E-state index in [-0.39, 0.29) is 11.8 Å². The van der Waals surface area contributed by atoms with Crippen molar-refractivity contribution >= 4 is 10.0 Å². The molecule has 0 radical (unpaired) electrons. The third kappa shape index (κ3) is 1.91. The highest BCUT2D eigenvalue weighted by Crippen LogP contribution is 2.12. The van der Waals surface area contributed by atoms with Crippen molar-refractivity contribution in [1.82, 2.24) is 4.31 Å². The molecular weight excluding hydrogens is 164 g/mol. The molecule has 0 aromatic carbocycles. The van der Waals surface area contributed by atoms with Crippen LogP contribution in [0.1, 0.15) is 13.3 Å². The molecule has 1 aliphatic rings. The number of hydrogen-bond donors (Lipinski definition) is 1. The molecule has 1 fully saturated rings. The van der Waals surface area contributed by atoms with Crippen molar-refractivity contribution in [2.75, 3.05) is 18.8 Å². The van der Waals surface area contributed by atoms with Crippen LogP contribution in [0.5, 0.6) is 0 Å². The van der Waals surface area contributed by atoms with E-state index in [1.807, 2.05) is 6.92 Å². The van der Waals surface area contributed by atoms with E-state index in [2.05, 4.69) is 0 Å². The van der Waals surface area contributed by atoms with Crippen LogP contribution in [0.2, 0.25) is 0 Å². The number of rotatable bonds is 3. The first-order chi connectivity index (χ1) is 5.06. The van der Waals surface area contributed by atoms with E-state index in [0.717, 1.165) is 0 Å². The van der Waals surface area contributed by atoms with Crippen LogP contribution in [-0.4, -0.2) is 37.6 Å². The molecular formula is C6H14N2O2S. The van der Waals surface area contributed by atoms with Gasteiger partial charge in [-0.2, -0.15) is 4.31 Å². The molecule has 5 heteroatoms. The number of sulfonamides is 1. The predicted octanol–water partition coefficient (Wildman–Crippen LogP) is -0.631. The van der Waals surface area contributed by atoms with Gasteiger partial charge in [0, 0.05) is 19.1 Å². The van der Waals surface area contributed by atoms with Gasteiger partial charge in [0.2, 0.25) is 10.0 Å². The Morgan fingerprint density at radius 1 is 1.55 bits per heavy atom. The molecule has 11 heavy (non-hydrogen) atoms. The van der Waals surface area contributed by atoms with Crippen LogP contribution in [0.4, 0.5) is 0 Å². The van der Waals surface area contributed by atoms with E-state index < -0.39 is 10.0 Å². The molecule has 66 valence electrons. The average Bonchev–Trinajstić information content (AvgIpc) is 1.81. The summed E-state index contributed by atoms with van der Waals surface area (Å²) in [6.07, 6.45) is 0.675. The largest absolute Gasteiger partial charge is 0.325 e. The fourth-order valence-corrected chi connectivity index (χ4v) is 2.70. The molecule has 0 saturated carbocycles. The second-order valence-corrected chi connectivity index (χ2v) is 4.98. The molecule has 0 amide bonds. The van der Waals surface area contributed by atoms with Crippen molar-refractivity contribution in [3.63, 3.8) is 0 Å². The highest BCUT2D eigenvalue weighted by atomic mass is 32.2. The lowest BCUT2D eigenvalue weighted by molar-refractivity contribution is 0.265. The minimum absolute atomic E-state index is 0.0571. The Bertz CT molecular complexity index is 219.